The van der Waals surface area contributed by atoms with Gasteiger partial charge in [-0.3, -0.25) is 9.59 Å². The van der Waals surface area contributed by atoms with Gasteiger partial charge in [0, 0.05) is 43.5 Å². The van der Waals surface area contributed by atoms with Crippen molar-refractivity contribution < 1.29 is 9.59 Å². The molecule has 9 heteroatoms. The van der Waals surface area contributed by atoms with E-state index in [2.05, 4.69) is 20.6 Å². The van der Waals surface area contributed by atoms with Crippen LogP contribution >= 0.6 is 0 Å². The first-order valence-corrected chi connectivity index (χ1v) is 12.1. The van der Waals surface area contributed by atoms with Gasteiger partial charge in [-0.1, -0.05) is 24.3 Å². The fourth-order valence-corrected chi connectivity index (χ4v) is 4.96. The zero-order chi connectivity index (χ0) is 24.8. The highest BCUT2D eigenvalue weighted by Crippen LogP contribution is 2.41. The average Bonchev–Trinajstić information content (AvgIpc) is 3.52. The van der Waals surface area contributed by atoms with E-state index < -0.39 is 0 Å². The molecule has 0 bridgehead atoms. The zero-order valence-corrected chi connectivity index (χ0v) is 20.0. The van der Waals surface area contributed by atoms with Crippen LogP contribution in [0.25, 0.3) is 33.4 Å². The molecule has 4 heterocycles. The van der Waals surface area contributed by atoms with Crippen molar-refractivity contribution in [2.75, 3.05) is 30.7 Å². The van der Waals surface area contributed by atoms with E-state index in [1.807, 2.05) is 65.0 Å². The lowest BCUT2D eigenvalue weighted by molar-refractivity contribution is -0.115. The molecule has 1 atom stereocenters. The van der Waals surface area contributed by atoms with Gasteiger partial charge in [0.2, 0.25) is 5.91 Å². The molecule has 2 amide bonds. The lowest BCUT2D eigenvalue weighted by Gasteiger charge is -2.15. The molecule has 2 aromatic heterocycles. The molecule has 182 valence electrons. The van der Waals surface area contributed by atoms with E-state index in [-0.39, 0.29) is 17.9 Å². The summed E-state index contributed by atoms with van der Waals surface area (Å²) in [4.78, 5) is 35.6. The number of carbonyl (C=O) groups excluding carboxylic acids is 2. The summed E-state index contributed by atoms with van der Waals surface area (Å²) in [6.45, 7) is 2.35. The lowest BCUT2D eigenvalue weighted by atomic mass is 9.97. The van der Waals surface area contributed by atoms with E-state index in [4.69, 9.17) is 5.73 Å². The Balaban J connectivity index is 1.41. The second kappa shape index (κ2) is 8.76. The summed E-state index contributed by atoms with van der Waals surface area (Å²) in [5.41, 5.74) is 12.2. The van der Waals surface area contributed by atoms with Crippen LogP contribution in [0.5, 0.6) is 0 Å². The topological polar surface area (TPSA) is 128 Å². The van der Waals surface area contributed by atoms with Crippen LogP contribution in [0.4, 0.5) is 11.5 Å². The van der Waals surface area contributed by atoms with Crippen LogP contribution < -0.4 is 16.4 Å². The summed E-state index contributed by atoms with van der Waals surface area (Å²) >= 11 is 0. The van der Waals surface area contributed by atoms with E-state index in [0.29, 0.717) is 17.9 Å². The van der Waals surface area contributed by atoms with Crippen LogP contribution in [0.3, 0.4) is 0 Å². The highest BCUT2D eigenvalue weighted by molar-refractivity contribution is 6.08. The third-order valence-corrected chi connectivity index (χ3v) is 6.96. The van der Waals surface area contributed by atoms with Gasteiger partial charge in [-0.2, -0.15) is 0 Å². The van der Waals surface area contributed by atoms with Crippen molar-refractivity contribution in [3.63, 3.8) is 0 Å². The maximum absolute atomic E-state index is 12.9. The predicted octanol–water partition coefficient (Wildman–Crippen LogP) is 3.03. The summed E-state index contributed by atoms with van der Waals surface area (Å²) < 4.78 is 2.01. The smallest absolute Gasteiger partial charge is 0.253 e. The van der Waals surface area contributed by atoms with E-state index >= 15 is 0 Å². The number of nitrogens with zero attached hydrogens (tertiary/aromatic N) is 4. The van der Waals surface area contributed by atoms with E-state index in [1.165, 1.54) is 6.33 Å². The number of hydrogen-bond acceptors (Lipinski definition) is 6. The van der Waals surface area contributed by atoms with Gasteiger partial charge in [0.15, 0.2) is 0 Å². The number of anilines is 2. The number of carbonyl (C=O) groups is 2. The van der Waals surface area contributed by atoms with Gasteiger partial charge in [0.25, 0.3) is 5.91 Å². The normalized spacial score (nSPS) is 16.9. The Bertz CT molecular complexity index is 1470. The predicted molar refractivity (Wildman–Crippen MR) is 139 cm³/mol. The molecule has 2 saturated heterocycles. The van der Waals surface area contributed by atoms with Crippen molar-refractivity contribution in [1.29, 1.82) is 0 Å². The van der Waals surface area contributed by atoms with Crippen molar-refractivity contribution in [3.8, 4) is 22.4 Å². The Morgan fingerprint density at radius 3 is 2.33 bits per heavy atom. The molecule has 4 aromatic rings. The highest BCUT2D eigenvalue weighted by atomic mass is 16.2. The number of amides is 2. The second-order valence-electron chi connectivity index (χ2n) is 9.34. The summed E-state index contributed by atoms with van der Waals surface area (Å²) in [7, 11) is 1.95. The molecule has 2 aliphatic heterocycles. The Morgan fingerprint density at radius 2 is 1.67 bits per heavy atom. The van der Waals surface area contributed by atoms with Crippen molar-refractivity contribution in [2.24, 2.45) is 7.05 Å². The molecule has 4 N–H and O–H groups in total. The fourth-order valence-electron chi connectivity index (χ4n) is 4.96. The van der Waals surface area contributed by atoms with E-state index in [9.17, 15) is 9.59 Å². The first-order chi connectivity index (χ1) is 17.5. The van der Waals surface area contributed by atoms with Gasteiger partial charge in [-0.05, 0) is 48.2 Å². The molecular weight excluding hydrogens is 454 g/mol. The Morgan fingerprint density at radius 1 is 1.00 bits per heavy atom. The monoisotopic (exact) mass is 481 g/mol. The quantitative estimate of drug-likeness (QED) is 0.376. The van der Waals surface area contributed by atoms with Gasteiger partial charge in [0.05, 0.1) is 17.1 Å². The molecule has 0 unspecified atom stereocenters. The first-order valence-electron chi connectivity index (χ1n) is 12.1. The van der Waals surface area contributed by atoms with E-state index in [0.717, 1.165) is 65.0 Å². The largest absolute Gasteiger partial charge is 0.383 e. The number of rotatable bonds is 5. The van der Waals surface area contributed by atoms with Crippen LogP contribution in [-0.2, 0) is 11.8 Å². The molecule has 0 radical (unpaired) electrons. The number of aryl methyl sites for hydroxylation is 1. The fraction of sp³-hybridized carbons (Fsp3) is 0.259. The molecule has 9 nitrogen and oxygen atoms in total. The number of hydrogen-bond donors (Lipinski definition) is 3. The van der Waals surface area contributed by atoms with Crippen molar-refractivity contribution in [3.05, 3.63) is 60.4 Å². The average molecular weight is 482 g/mol. The van der Waals surface area contributed by atoms with Crippen molar-refractivity contribution in [1.82, 2.24) is 24.8 Å². The zero-order valence-electron chi connectivity index (χ0n) is 20.0. The van der Waals surface area contributed by atoms with Crippen LogP contribution in [0.15, 0.2) is 54.9 Å². The van der Waals surface area contributed by atoms with Gasteiger partial charge >= 0.3 is 0 Å². The molecule has 0 saturated carbocycles. The minimum atomic E-state index is -0.101. The van der Waals surface area contributed by atoms with Crippen LogP contribution in [0.1, 0.15) is 23.2 Å². The van der Waals surface area contributed by atoms with Crippen LogP contribution in [-0.4, -0.2) is 56.9 Å². The lowest BCUT2D eigenvalue weighted by Crippen LogP contribution is -2.27. The maximum atomic E-state index is 12.9. The second-order valence-corrected chi connectivity index (χ2v) is 9.34. The summed E-state index contributed by atoms with van der Waals surface area (Å²) in [5.74, 6) is 0.439. The van der Waals surface area contributed by atoms with Crippen LogP contribution in [0, 0.1) is 0 Å². The summed E-state index contributed by atoms with van der Waals surface area (Å²) in [6, 6.07) is 15.3. The third-order valence-electron chi connectivity index (χ3n) is 6.96. The minimum absolute atomic E-state index is 0.0281. The highest BCUT2D eigenvalue weighted by Gasteiger charge is 2.29. The number of likely N-dealkylation sites (tertiary alicyclic amines) is 1. The van der Waals surface area contributed by atoms with Crippen LogP contribution in [0.2, 0.25) is 0 Å². The van der Waals surface area contributed by atoms with Gasteiger partial charge in [-0.15, -0.1) is 0 Å². The number of aromatic nitrogens is 3. The number of fused-ring (bicyclic) bond motifs is 1. The molecule has 2 fully saturated rings. The van der Waals surface area contributed by atoms with Gasteiger partial charge < -0.3 is 25.8 Å². The Labute approximate surface area is 208 Å². The minimum Gasteiger partial charge on any atom is -0.383 e. The maximum Gasteiger partial charge on any atom is 0.253 e. The molecule has 6 rings (SSSR count). The number of nitrogens with one attached hydrogen (secondary N) is 2. The first kappa shape index (κ1) is 22.2. The third kappa shape index (κ3) is 3.87. The SMILES string of the molecule is Cn1c(-c2ccc(NC(=O)[C@@H]3CN3)cc2)c(-c2ccc(C(=O)N3CCCC3)cc2)c2c(N)ncnc21. The van der Waals surface area contributed by atoms with Gasteiger partial charge in [-0.25, -0.2) is 9.97 Å². The number of nitrogens with two attached hydrogens (primary N) is 1. The Hall–Kier alpha value is -4.24. The van der Waals surface area contributed by atoms with Crippen molar-refractivity contribution >= 4 is 34.4 Å². The molecule has 36 heavy (non-hydrogen) atoms. The standard InChI is InChI=1S/C27H27N7O2/c1-33-23(17-8-10-19(11-9-17)32-26(35)20-14-29-20)21(22-24(28)30-15-31-25(22)33)16-4-6-18(7-5-16)27(36)34-12-2-3-13-34/h4-11,15,20,29H,2-3,12-14H2,1H3,(H,32,35)(H2,28,30,31)/t20-/m0/s1. The summed E-state index contributed by atoms with van der Waals surface area (Å²) in [5, 5.41) is 6.71. The number of nitrogen functional groups attached to an aromatic ring is 1. The molecule has 0 spiro atoms. The van der Waals surface area contributed by atoms with Gasteiger partial charge in [0.1, 0.15) is 17.8 Å². The molecular formula is C27H27N7O2. The molecule has 0 aliphatic carbocycles. The van der Waals surface area contributed by atoms with Crippen molar-refractivity contribution in [2.45, 2.75) is 18.9 Å². The molecule has 2 aromatic carbocycles. The number of benzene rings is 2. The summed E-state index contributed by atoms with van der Waals surface area (Å²) in [6.07, 6.45) is 3.58. The van der Waals surface area contributed by atoms with E-state index in [1.54, 1.807) is 0 Å². The molecule has 2 aliphatic rings. The Kier molecular flexibility index (Phi) is 5.41.